The monoisotopic (exact) mass is 466 g/mol. The van der Waals surface area contributed by atoms with Gasteiger partial charge in [0.25, 0.3) is 11.8 Å². The summed E-state index contributed by atoms with van der Waals surface area (Å²) < 4.78 is 14.0. The van der Waals surface area contributed by atoms with Gasteiger partial charge in [-0.1, -0.05) is 6.92 Å². The summed E-state index contributed by atoms with van der Waals surface area (Å²) in [6.45, 7) is 3.61. The van der Waals surface area contributed by atoms with Gasteiger partial charge in [-0.25, -0.2) is 4.39 Å². The van der Waals surface area contributed by atoms with Crippen molar-refractivity contribution < 1.29 is 14.0 Å². The molecule has 0 aliphatic carbocycles. The van der Waals surface area contributed by atoms with Crippen molar-refractivity contribution in [2.75, 3.05) is 18.4 Å². The topological polar surface area (TPSA) is 49.4 Å². The zero-order valence-corrected chi connectivity index (χ0v) is 16.6. The second kappa shape index (κ2) is 8.16. The minimum absolute atomic E-state index is 0.0653. The number of anilines is 1. The van der Waals surface area contributed by atoms with Crippen molar-refractivity contribution in [2.45, 2.75) is 19.8 Å². The third-order valence-electron chi connectivity index (χ3n) is 4.51. The van der Waals surface area contributed by atoms with Crippen LogP contribution in [0.1, 0.15) is 40.5 Å². The van der Waals surface area contributed by atoms with E-state index >= 15 is 0 Å². The molecule has 1 N–H and O–H groups in total. The van der Waals surface area contributed by atoms with Crippen LogP contribution in [0.25, 0.3) is 0 Å². The summed E-state index contributed by atoms with van der Waals surface area (Å²) in [5, 5.41) is 2.79. The first-order valence-corrected chi connectivity index (χ1v) is 9.67. The first kappa shape index (κ1) is 18.8. The van der Waals surface area contributed by atoms with Gasteiger partial charge < -0.3 is 10.2 Å². The molecule has 0 radical (unpaired) electrons. The fourth-order valence-electron chi connectivity index (χ4n) is 3.14. The van der Waals surface area contributed by atoms with Crippen molar-refractivity contribution >= 4 is 40.1 Å². The second-order valence-electron chi connectivity index (χ2n) is 6.65. The molecular formula is C20H20FIN2O2. The van der Waals surface area contributed by atoms with Crippen LogP contribution in [-0.2, 0) is 0 Å². The molecule has 2 amide bonds. The molecule has 0 aromatic heterocycles. The Bertz CT molecular complexity index is 823. The highest BCUT2D eigenvalue weighted by atomic mass is 127. The number of nitrogens with zero attached hydrogens (tertiary/aromatic N) is 1. The predicted octanol–water partition coefficient (Wildman–Crippen LogP) is 4.55. The van der Waals surface area contributed by atoms with Crippen LogP contribution < -0.4 is 5.32 Å². The summed E-state index contributed by atoms with van der Waals surface area (Å²) in [5.74, 6) is -0.351. The number of nitrogens with one attached hydrogen (secondary N) is 1. The summed E-state index contributed by atoms with van der Waals surface area (Å²) in [7, 11) is 0. The van der Waals surface area contributed by atoms with Gasteiger partial charge in [-0.2, -0.15) is 0 Å². The van der Waals surface area contributed by atoms with Crippen LogP contribution in [0.15, 0.2) is 42.5 Å². The molecule has 4 nitrogen and oxygen atoms in total. The Morgan fingerprint density at radius 2 is 1.92 bits per heavy atom. The Balaban J connectivity index is 1.84. The number of piperidine rings is 1. The Morgan fingerprint density at radius 3 is 2.62 bits per heavy atom. The lowest BCUT2D eigenvalue weighted by Crippen LogP contribution is -2.39. The molecular weight excluding hydrogens is 446 g/mol. The third kappa shape index (κ3) is 4.41. The van der Waals surface area contributed by atoms with Gasteiger partial charge in [0.15, 0.2) is 0 Å². The summed E-state index contributed by atoms with van der Waals surface area (Å²) in [6, 6.07) is 10.7. The summed E-state index contributed by atoms with van der Waals surface area (Å²) in [4.78, 5) is 27.3. The highest BCUT2D eigenvalue weighted by Gasteiger charge is 2.24. The molecule has 2 aromatic rings. The van der Waals surface area contributed by atoms with Crippen molar-refractivity contribution in [3.8, 4) is 0 Å². The first-order chi connectivity index (χ1) is 12.4. The minimum Gasteiger partial charge on any atom is -0.338 e. The van der Waals surface area contributed by atoms with Crippen LogP contribution in [-0.4, -0.2) is 29.8 Å². The molecule has 1 unspecified atom stereocenters. The Labute approximate surface area is 165 Å². The highest BCUT2D eigenvalue weighted by molar-refractivity contribution is 14.1. The molecule has 136 valence electrons. The number of amides is 2. The normalized spacial score (nSPS) is 17.0. The molecule has 3 rings (SSSR count). The molecule has 6 heteroatoms. The van der Waals surface area contributed by atoms with E-state index in [4.69, 9.17) is 0 Å². The number of carbonyl (C=O) groups excluding carboxylic acids is 2. The maximum atomic E-state index is 13.0. The van der Waals surface area contributed by atoms with Gasteiger partial charge in [0.2, 0.25) is 0 Å². The maximum absolute atomic E-state index is 13.0. The number of halogens is 2. The van der Waals surface area contributed by atoms with E-state index in [1.807, 2.05) is 11.0 Å². The average molecular weight is 466 g/mol. The van der Waals surface area contributed by atoms with Crippen molar-refractivity contribution in [1.82, 2.24) is 4.90 Å². The summed E-state index contributed by atoms with van der Waals surface area (Å²) >= 11 is 2.15. The SMILES string of the molecule is CC1CCCN(C(=O)c2cc(I)ccc2NC(=O)c2ccc(F)cc2)C1. The van der Waals surface area contributed by atoms with E-state index in [0.29, 0.717) is 22.7 Å². The maximum Gasteiger partial charge on any atom is 0.256 e. The predicted molar refractivity (Wildman–Crippen MR) is 108 cm³/mol. The smallest absolute Gasteiger partial charge is 0.256 e. The van der Waals surface area contributed by atoms with Crippen LogP contribution in [0.4, 0.5) is 10.1 Å². The van der Waals surface area contributed by atoms with E-state index < -0.39 is 5.82 Å². The summed E-state index contributed by atoms with van der Waals surface area (Å²) in [5.41, 5.74) is 1.30. The molecule has 2 aromatic carbocycles. The zero-order chi connectivity index (χ0) is 18.7. The van der Waals surface area contributed by atoms with Crippen molar-refractivity contribution in [2.24, 2.45) is 5.92 Å². The second-order valence-corrected chi connectivity index (χ2v) is 7.90. The fraction of sp³-hybridized carbons (Fsp3) is 0.300. The van der Waals surface area contributed by atoms with E-state index in [-0.39, 0.29) is 11.8 Å². The number of rotatable bonds is 3. The van der Waals surface area contributed by atoms with E-state index in [2.05, 4.69) is 34.8 Å². The average Bonchev–Trinajstić information content (AvgIpc) is 2.63. The number of likely N-dealkylation sites (tertiary alicyclic amines) is 1. The number of carbonyl (C=O) groups is 2. The zero-order valence-electron chi connectivity index (χ0n) is 14.5. The van der Waals surface area contributed by atoms with Crippen molar-refractivity contribution in [3.05, 3.63) is 63.0 Å². The fourth-order valence-corrected chi connectivity index (χ4v) is 3.63. The van der Waals surface area contributed by atoms with Crippen LogP contribution in [0.5, 0.6) is 0 Å². The molecule has 1 aliphatic heterocycles. The molecule has 1 atom stereocenters. The summed E-state index contributed by atoms with van der Waals surface area (Å²) in [6.07, 6.45) is 2.12. The number of hydrogen-bond acceptors (Lipinski definition) is 2. The van der Waals surface area contributed by atoms with E-state index in [0.717, 1.165) is 29.5 Å². The highest BCUT2D eigenvalue weighted by Crippen LogP contribution is 2.24. The van der Waals surface area contributed by atoms with Gasteiger partial charge in [-0.05, 0) is 83.8 Å². The minimum atomic E-state index is -0.397. The largest absolute Gasteiger partial charge is 0.338 e. The van der Waals surface area contributed by atoms with Crippen molar-refractivity contribution in [3.63, 3.8) is 0 Å². The van der Waals surface area contributed by atoms with Crippen LogP contribution >= 0.6 is 22.6 Å². The molecule has 1 saturated heterocycles. The standard InChI is InChI=1S/C20H20FIN2O2/c1-13-3-2-10-24(12-13)20(26)17-11-16(22)8-9-18(17)23-19(25)14-4-6-15(21)7-5-14/h4-9,11,13H,2-3,10,12H2,1H3,(H,23,25). The first-order valence-electron chi connectivity index (χ1n) is 8.60. The number of benzene rings is 2. The molecule has 0 saturated carbocycles. The molecule has 26 heavy (non-hydrogen) atoms. The van der Waals surface area contributed by atoms with Gasteiger partial charge in [0, 0.05) is 22.2 Å². The molecule has 0 spiro atoms. The van der Waals surface area contributed by atoms with Gasteiger partial charge in [0.1, 0.15) is 5.82 Å². The van der Waals surface area contributed by atoms with Crippen molar-refractivity contribution in [1.29, 1.82) is 0 Å². The quantitative estimate of drug-likeness (QED) is 0.675. The molecule has 1 heterocycles. The van der Waals surface area contributed by atoms with Crippen LogP contribution in [0, 0.1) is 15.3 Å². The van der Waals surface area contributed by atoms with Gasteiger partial charge in [-0.15, -0.1) is 0 Å². The van der Waals surface area contributed by atoms with E-state index in [1.54, 1.807) is 12.1 Å². The van der Waals surface area contributed by atoms with Gasteiger partial charge in [-0.3, -0.25) is 9.59 Å². The molecule has 1 fully saturated rings. The molecule has 1 aliphatic rings. The third-order valence-corrected chi connectivity index (χ3v) is 5.18. The van der Waals surface area contributed by atoms with Gasteiger partial charge >= 0.3 is 0 Å². The van der Waals surface area contributed by atoms with E-state index in [9.17, 15) is 14.0 Å². The Kier molecular flexibility index (Phi) is 5.90. The van der Waals surface area contributed by atoms with E-state index in [1.165, 1.54) is 24.3 Å². The lowest BCUT2D eigenvalue weighted by molar-refractivity contribution is 0.0684. The van der Waals surface area contributed by atoms with Gasteiger partial charge in [0.05, 0.1) is 11.3 Å². The number of hydrogen-bond donors (Lipinski definition) is 1. The van der Waals surface area contributed by atoms with Crippen LogP contribution in [0.2, 0.25) is 0 Å². The Morgan fingerprint density at radius 1 is 1.19 bits per heavy atom. The molecule has 0 bridgehead atoms. The lowest BCUT2D eigenvalue weighted by atomic mass is 9.99. The lowest BCUT2D eigenvalue weighted by Gasteiger charge is -2.31. The van der Waals surface area contributed by atoms with Crippen LogP contribution in [0.3, 0.4) is 0 Å². The Hall–Kier alpha value is -1.96.